The van der Waals surface area contributed by atoms with Gasteiger partial charge in [-0.25, -0.2) is 15.0 Å². The van der Waals surface area contributed by atoms with Gasteiger partial charge in [0.05, 0.1) is 64.2 Å². The fourth-order valence-electron chi connectivity index (χ4n) is 11.6. The number of benzene rings is 2. The monoisotopic (exact) mass is 1190 g/mol. The molecule has 3 aliphatic heterocycles. The van der Waals surface area contributed by atoms with Crippen LogP contribution >= 0.6 is 11.3 Å². The van der Waals surface area contributed by atoms with Gasteiger partial charge in [-0.05, 0) is 80.3 Å². The van der Waals surface area contributed by atoms with E-state index in [1.807, 2.05) is 106 Å². The molecule has 0 aliphatic carbocycles. The van der Waals surface area contributed by atoms with Crippen LogP contribution in [-0.4, -0.2) is 168 Å². The van der Waals surface area contributed by atoms with Gasteiger partial charge in [0.2, 0.25) is 23.6 Å². The number of piperidine rings is 1. The second-order valence-electron chi connectivity index (χ2n) is 23.6. The van der Waals surface area contributed by atoms with E-state index in [-0.39, 0.29) is 54.8 Å². The number of para-hydroxylation sites is 1. The molecule has 23 nitrogen and oxygen atoms in total. The lowest BCUT2D eigenvalue weighted by Crippen LogP contribution is -2.57. The third kappa shape index (κ3) is 15.5. The SMILES string of the molecule is CNC(=O)c1nnc(Nc2ccc(N3CCN(C4CCN(C(=O)CCCCCCCC(=O)NC(C(=O)N5C[C@H](O)C[C@H]5C(=O)N[C@@H](C)c5ccc(-c6scnc6C)cc5)C(C)(C)C)CC4)CC3)cn2)cc1Nc1cccc(-c2ncn(C)n2)c1OC. The molecule has 86 heavy (non-hydrogen) atoms. The first-order chi connectivity index (χ1) is 41.4. The van der Waals surface area contributed by atoms with Crippen LogP contribution in [0.25, 0.3) is 21.8 Å². The number of piperazine rings is 1. The molecular formula is C62H82N16O7S. The molecule has 3 fully saturated rings. The number of likely N-dealkylation sites (tertiary alicyclic amines) is 2. The largest absolute Gasteiger partial charge is 0.494 e. The second-order valence-corrected chi connectivity index (χ2v) is 24.5. The summed E-state index contributed by atoms with van der Waals surface area (Å²) in [6.07, 6.45) is 9.45. The number of rotatable bonds is 23. The lowest BCUT2D eigenvalue weighted by Gasteiger charge is -2.43. The molecule has 4 aromatic heterocycles. The number of aromatic nitrogens is 7. The highest BCUT2D eigenvalue weighted by Crippen LogP contribution is 2.38. The molecule has 4 atom stereocenters. The zero-order valence-corrected chi connectivity index (χ0v) is 51.5. The molecule has 3 saturated heterocycles. The number of aryl methyl sites for hydroxylation is 2. The Morgan fingerprint density at radius 1 is 0.826 bits per heavy atom. The minimum Gasteiger partial charge on any atom is -0.494 e. The molecule has 6 N–H and O–H groups in total. The Morgan fingerprint density at radius 3 is 2.21 bits per heavy atom. The number of hydrogen-bond acceptors (Lipinski definition) is 18. The van der Waals surface area contributed by atoms with Gasteiger partial charge in [-0.3, -0.25) is 33.6 Å². The van der Waals surface area contributed by atoms with Crippen LogP contribution in [0.2, 0.25) is 0 Å². The van der Waals surface area contributed by atoms with Crippen molar-refractivity contribution >= 4 is 69.6 Å². The summed E-state index contributed by atoms with van der Waals surface area (Å²) in [6, 6.07) is 17.5. The molecule has 5 amide bonds. The summed E-state index contributed by atoms with van der Waals surface area (Å²) in [7, 11) is 4.89. The Bertz CT molecular complexity index is 3300. The number of ether oxygens (including phenoxy) is 1. The molecule has 9 rings (SSSR count). The van der Waals surface area contributed by atoms with Crippen molar-refractivity contribution < 1.29 is 33.8 Å². The zero-order chi connectivity index (χ0) is 61.1. The van der Waals surface area contributed by atoms with E-state index in [1.165, 1.54) is 11.9 Å². The number of aliphatic hydroxyl groups excluding tert-OH is 1. The predicted octanol–water partition coefficient (Wildman–Crippen LogP) is 7.17. The Labute approximate surface area is 507 Å². The lowest BCUT2D eigenvalue weighted by molar-refractivity contribution is -0.144. The lowest BCUT2D eigenvalue weighted by atomic mass is 9.85. The highest BCUT2D eigenvalue weighted by molar-refractivity contribution is 7.13. The first-order valence-electron chi connectivity index (χ1n) is 29.9. The van der Waals surface area contributed by atoms with Crippen LogP contribution in [0.5, 0.6) is 5.75 Å². The Morgan fingerprint density at radius 2 is 1.56 bits per heavy atom. The number of nitrogens with zero attached hydrogens (tertiary/aromatic N) is 11. The predicted molar refractivity (Wildman–Crippen MR) is 331 cm³/mol. The van der Waals surface area contributed by atoms with Gasteiger partial charge >= 0.3 is 0 Å². The van der Waals surface area contributed by atoms with Crippen LogP contribution in [0.15, 0.2) is 78.7 Å². The summed E-state index contributed by atoms with van der Waals surface area (Å²) < 4.78 is 7.40. The normalized spacial score (nSPS) is 17.4. The fourth-order valence-corrected chi connectivity index (χ4v) is 12.4. The zero-order valence-electron chi connectivity index (χ0n) is 50.6. The maximum absolute atomic E-state index is 14.2. The molecule has 0 radical (unpaired) electrons. The highest BCUT2D eigenvalue weighted by Gasteiger charge is 2.45. The molecule has 3 aliphatic rings. The van der Waals surface area contributed by atoms with E-state index in [1.54, 1.807) is 42.6 Å². The minimum atomic E-state index is -0.887. The van der Waals surface area contributed by atoms with Gasteiger partial charge in [0, 0.05) is 91.3 Å². The number of hydrogen-bond donors (Lipinski definition) is 6. The van der Waals surface area contributed by atoms with E-state index in [0.717, 1.165) is 105 Å². The molecule has 7 heterocycles. The van der Waals surface area contributed by atoms with Gasteiger partial charge in [0.15, 0.2) is 23.1 Å². The van der Waals surface area contributed by atoms with Crippen molar-refractivity contribution in [2.45, 2.75) is 129 Å². The summed E-state index contributed by atoms with van der Waals surface area (Å²) in [4.78, 5) is 90.3. The Kier molecular flexibility index (Phi) is 20.6. The fraction of sp³-hybridized carbons (Fsp3) is 0.500. The molecule has 6 aromatic rings. The first-order valence-corrected chi connectivity index (χ1v) is 30.7. The number of amides is 5. The molecular weight excluding hydrogens is 1110 g/mol. The summed E-state index contributed by atoms with van der Waals surface area (Å²) in [5.41, 5.74) is 6.88. The topological polar surface area (TPSA) is 270 Å². The van der Waals surface area contributed by atoms with E-state index in [4.69, 9.17) is 9.72 Å². The smallest absolute Gasteiger partial charge is 0.273 e. The average Bonchev–Trinajstić information content (AvgIpc) is 3.65. The number of nitrogens with one attached hydrogen (secondary N) is 5. The number of carbonyl (C=O) groups is 5. The number of pyridine rings is 1. The van der Waals surface area contributed by atoms with Gasteiger partial charge in [-0.2, -0.15) is 5.10 Å². The van der Waals surface area contributed by atoms with E-state index in [9.17, 15) is 29.1 Å². The average molecular weight is 1200 g/mol. The van der Waals surface area contributed by atoms with Crippen molar-refractivity contribution in [1.29, 1.82) is 0 Å². The van der Waals surface area contributed by atoms with Crippen molar-refractivity contribution in [3.05, 3.63) is 95.6 Å². The van der Waals surface area contributed by atoms with Crippen molar-refractivity contribution in [3.8, 4) is 27.6 Å². The third-order valence-electron chi connectivity index (χ3n) is 16.4. The summed E-state index contributed by atoms with van der Waals surface area (Å²) >= 11 is 1.58. The third-order valence-corrected chi connectivity index (χ3v) is 17.4. The molecule has 0 saturated carbocycles. The second kappa shape index (κ2) is 28.4. The molecule has 2 aromatic carbocycles. The summed E-state index contributed by atoms with van der Waals surface area (Å²) in [5, 5.41) is 38.9. The van der Waals surface area contributed by atoms with Crippen molar-refractivity contribution in [2.24, 2.45) is 12.5 Å². The van der Waals surface area contributed by atoms with Gasteiger partial charge in [-0.1, -0.05) is 70.4 Å². The van der Waals surface area contributed by atoms with E-state index in [0.29, 0.717) is 59.0 Å². The molecule has 1 unspecified atom stereocenters. The number of carbonyl (C=O) groups excluding carboxylic acids is 5. The van der Waals surface area contributed by atoms with Crippen LogP contribution < -0.4 is 36.2 Å². The number of β-amino-alcohol motifs (C(OH)–C–C–N with tert-alkyl or cyclic N) is 1. The minimum absolute atomic E-state index is 0.0102. The number of thiazole rings is 1. The van der Waals surface area contributed by atoms with Crippen LogP contribution in [0.1, 0.15) is 120 Å². The van der Waals surface area contributed by atoms with Crippen LogP contribution in [0.4, 0.5) is 28.7 Å². The first kappa shape index (κ1) is 62.4. The van der Waals surface area contributed by atoms with E-state index < -0.39 is 29.5 Å². The number of anilines is 5. The van der Waals surface area contributed by atoms with Crippen molar-refractivity contribution in [3.63, 3.8) is 0 Å². The van der Waals surface area contributed by atoms with E-state index in [2.05, 4.69) is 61.6 Å². The van der Waals surface area contributed by atoms with Gasteiger partial charge in [-0.15, -0.1) is 21.5 Å². The van der Waals surface area contributed by atoms with Crippen LogP contribution in [0, 0.1) is 12.3 Å². The highest BCUT2D eigenvalue weighted by atomic mass is 32.1. The van der Waals surface area contributed by atoms with Crippen molar-refractivity contribution in [2.75, 3.05) is 75.5 Å². The number of unbranched alkanes of at least 4 members (excludes halogenated alkanes) is 4. The standard InChI is InChI=1S/C62H82N16O7S/c1-39(41-19-21-42(22-20-41)56-40(2)66-38-86-56)67-59(82)49-33-45(79)36-78(49)61(84)57(62(3,4)5)70-52(80)17-12-10-9-11-13-18-53(81)77-27-25-43(26-28-77)75-29-31-76(32-30-75)44-23-24-50(64-35-44)69-51-34-48(54(72-71-51)60(83)63-6)68-47-16-14-15-46(55(47)85-8)58-65-37-74(7)73-58/h14-16,19-24,34-35,37-39,43,45,49,57,79H,9-13,17-18,25-33,36H2,1-8H3,(H,63,83)(H,67,82)(H,70,80)(H2,64,68,69,71)/t39-,45+,49-,57?/m0/s1. The molecule has 458 valence electrons. The molecule has 0 bridgehead atoms. The quantitative estimate of drug-likeness (QED) is 0.0347. The molecule has 24 heteroatoms. The summed E-state index contributed by atoms with van der Waals surface area (Å²) in [6.45, 7) is 14.6. The van der Waals surface area contributed by atoms with Gasteiger partial charge < -0.3 is 51.1 Å². The van der Waals surface area contributed by atoms with Crippen LogP contribution in [-0.2, 0) is 26.2 Å². The maximum Gasteiger partial charge on any atom is 0.273 e. The van der Waals surface area contributed by atoms with Crippen LogP contribution in [0.3, 0.4) is 0 Å². The Hall–Kier alpha value is -8.09. The van der Waals surface area contributed by atoms with E-state index >= 15 is 0 Å². The number of aliphatic hydroxyl groups is 1. The Balaban J connectivity index is 0.656. The van der Waals surface area contributed by atoms with Gasteiger partial charge in [0.1, 0.15) is 24.2 Å². The van der Waals surface area contributed by atoms with Crippen molar-refractivity contribution in [1.82, 2.24) is 65.6 Å². The van der Waals surface area contributed by atoms with Gasteiger partial charge in [0.25, 0.3) is 5.91 Å². The molecule has 0 spiro atoms. The summed E-state index contributed by atoms with van der Waals surface area (Å²) in [5.74, 6) is 0.773. The number of methoxy groups -OCH3 is 1. The maximum atomic E-state index is 14.2.